The van der Waals surface area contributed by atoms with E-state index >= 15 is 0 Å². The van der Waals surface area contributed by atoms with Crippen LogP contribution in [0.3, 0.4) is 0 Å². The van der Waals surface area contributed by atoms with Gasteiger partial charge in [-0.3, -0.25) is 14.5 Å². The molecule has 1 saturated heterocycles. The maximum atomic E-state index is 12.9. The molecule has 0 radical (unpaired) electrons. The van der Waals surface area contributed by atoms with Crippen LogP contribution in [0.25, 0.3) is 0 Å². The highest BCUT2D eigenvalue weighted by Crippen LogP contribution is 2.60. The maximum absolute atomic E-state index is 12.9. The smallest absolute Gasteiger partial charge is 0.274 e. The van der Waals surface area contributed by atoms with Gasteiger partial charge in [-0.2, -0.15) is 13.2 Å². The number of carbonyl (C=O) groups excluding carboxylic acids is 2. The molecule has 128 valence electrons. The summed E-state index contributed by atoms with van der Waals surface area (Å²) >= 11 is 7.16. The summed E-state index contributed by atoms with van der Waals surface area (Å²) < 4.78 is 38.7. The van der Waals surface area contributed by atoms with Crippen LogP contribution in [0, 0.1) is 23.7 Å². The first-order valence-electron chi connectivity index (χ1n) is 7.55. The van der Waals surface area contributed by atoms with E-state index in [0.717, 1.165) is 23.5 Å². The van der Waals surface area contributed by atoms with Gasteiger partial charge in [-0.05, 0) is 36.5 Å². The molecule has 0 spiro atoms. The Bertz CT molecular complexity index is 706. The minimum atomic E-state index is -4.52. The van der Waals surface area contributed by atoms with E-state index in [-0.39, 0.29) is 39.0 Å². The first-order valence-corrected chi connectivity index (χ1v) is 9.38. The van der Waals surface area contributed by atoms with Gasteiger partial charge in [0, 0.05) is 9.65 Å². The van der Waals surface area contributed by atoms with Crippen molar-refractivity contribution in [2.45, 2.75) is 22.3 Å². The van der Waals surface area contributed by atoms with E-state index in [1.165, 1.54) is 12.1 Å². The first-order chi connectivity index (χ1) is 11.2. The Kier molecular flexibility index (Phi) is 3.66. The highest BCUT2D eigenvalue weighted by Gasteiger charge is 2.66. The van der Waals surface area contributed by atoms with Crippen LogP contribution >= 0.6 is 31.9 Å². The number of amides is 2. The van der Waals surface area contributed by atoms with E-state index < -0.39 is 23.6 Å². The molecule has 3 nitrogen and oxygen atoms in total. The lowest BCUT2D eigenvalue weighted by Crippen LogP contribution is -2.37. The number of fused-ring (bicyclic) bond motifs is 5. The summed E-state index contributed by atoms with van der Waals surface area (Å²) in [4.78, 5) is 26.7. The van der Waals surface area contributed by atoms with Crippen LogP contribution in [-0.4, -0.2) is 21.5 Å². The van der Waals surface area contributed by atoms with Crippen molar-refractivity contribution in [1.82, 2.24) is 0 Å². The number of hydrogen-bond acceptors (Lipinski definition) is 2. The van der Waals surface area contributed by atoms with Crippen LogP contribution in [0.15, 0.2) is 24.3 Å². The normalized spacial score (nSPS) is 38.1. The number of benzene rings is 1. The molecular weight excluding hydrogens is 455 g/mol. The molecule has 0 unspecified atom stereocenters. The van der Waals surface area contributed by atoms with Crippen molar-refractivity contribution < 1.29 is 22.8 Å². The Labute approximate surface area is 152 Å². The van der Waals surface area contributed by atoms with Crippen molar-refractivity contribution in [3.63, 3.8) is 0 Å². The Balaban J connectivity index is 1.72. The van der Waals surface area contributed by atoms with Crippen molar-refractivity contribution in [2.75, 3.05) is 4.90 Å². The van der Waals surface area contributed by atoms with Crippen molar-refractivity contribution >= 4 is 49.4 Å². The molecular formula is C16H12Br2F3NO2. The third-order valence-corrected chi connectivity index (χ3v) is 8.63. The summed E-state index contributed by atoms with van der Waals surface area (Å²) in [5.74, 6) is -1.54. The second-order valence-corrected chi connectivity index (χ2v) is 8.68. The molecule has 3 fully saturated rings. The summed E-state index contributed by atoms with van der Waals surface area (Å²) in [5.41, 5.74) is -0.858. The van der Waals surface area contributed by atoms with E-state index in [1.54, 1.807) is 0 Å². The third-order valence-electron chi connectivity index (χ3n) is 5.42. The lowest BCUT2D eigenvalue weighted by molar-refractivity contribution is -0.137. The molecule has 1 aromatic carbocycles. The second-order valence-electron chi connectivity index (χ2n) is 6.56. The highest BCUT2D eigenvalue weighted by atomic mass is 79.9. The zero-order valence-electron chi connectivity index (χ0n) is 12.1. The molecule has 2 aliphatic carbocycles. The van der Waals surface area contributed by atoms with Gasteiger partial charge < -0.3 is 0 Å². The topological polar surface area (TPSA) is 37.4 Å². The second kappa shape index (κ2) is 5.30. The Hall–Kier alpha value is -0.890. The highest BCUT2D eigenvalue weighted by molar-refractivity contribution is 9.12. The fraction of sp³-hybridized carbons (Fsp3) is 0.500. The largest absolute Gasteiger partial charge is 0.416 e. The number of carbonyl (C=O) groups is 2. The standard InChI is InChI=1S/C16H12Br2F3NO2/c17-12-8-5-9(13(12)18)11-10(8)14(23)22(15(11)24)7-3-1-2-6(4-7)16(19,20)21/h1-4,8-13H,5H2/t8-,9-,10-,11+,12-,13+/m0/s1. The average Bonchev–Trinajstić information content (AvgIpc) is 3.12. The SMILES string of the molecule is O=C1[C@@H]2[C@@H]3C[C@H]([C@H](Br)[C@@H]3Br)[C@@H]2C(=O)N1c1cccc(C(F)(F)F)c1. The summed E-state index contributed by atoms with van der Waals surface area (Å²) in [6, 6.07) is 4.41. The lowest BCUT2D eigenvalue weighted by Gasteiger charge is -2.28. The number of halogens is 5. The van der Waals surface area contributed by atoms with Gasteiger partial charge in [-0.1, -0.05) is 37.9 Å². The minimum Gasteiger partial charge on any atom is -0.274 e. The van der Waals surface area contributed by atoms with Crippen molar-refractivity contribution in [3.05, 3.63) is 29.8 Å². The van der Waals surface area contributed by atoms with Crippen LogP contribution in [0.4, 0.5) is 18.9 Å². The monoisotopic (exact) mass is 465 g/mol. The van der Waals surface area contributed by atoms with E-state index in [9.17, 15) is 22.8 Å². The number of nitrogens with zero attached hydrogens (tertiary/aromatic N) is 1. The summed E-state index contributed by atoms with van der Waals surface area (Å²) in [5, 5.41) is 0. The fourth-order valence-corrected chi connectivity index (χ4v) is 6.30. The van der Waals surface area contributed by atoms with Crippen LogP contribution in [0.1, 0.15) is 12.0 Å². The van der Waals surface area contributed by atoms with Gasteiger partial charge in [0.25, 0.3) is 0 Å². The molecule has 1 heterocycles. The van der Waals surface area contributed by atoms with E-state index in [4.69, 9.17) is 0 Å². The van der Waals surface area contributed by atoms with Crippen LogP contribution in [0.5, 0.6) is 0 Å². The van der Waals surface area contributed by atoms with Gasteiger partial charge in [-0.25, -0.2) is 0 Å². The van der Waals surface area contributed by atoms with E-state index in [2.05, 4.69) is 31.9 Å². The predicted octanol–water partition coefficient (Wildman–Crippen LogP) is 3.99. The molecule has 1 aliphatic heterocycles. The molecule has 6 atom stereocenters. The van der Waals surface area contributed by atoms with E-state index in [1.807, 2.05) is 0 Å². The molecule has 1 aromatic rings. The maximum Gasteiger partial charge on any atom is 0.416 e. The molecule has 8 heteroatoms. The first kappa shape index (κ1) is 16.6. The van der Waals surface area contributed by atoms with Crippen molar-refractivity contribution in [2.24, 2.45) is 23.7 Å². The lowest BCUT2D eigenvalue weighted by atomic mass is 9.81. The number of imide groups is 1. The number of hydrogen-bond donors (Lipinski definition) is 0. The zero-order chi connectivity index (χ0) is 17.4. The number of rotatable bonds is 1. The Morgan fingerprint density at radius 3 is 2.04 bits per heavy atom. The van der Waals surface area contributed by atoms with Crippen molar-refractivity contribution in [3.8, 4) is 0 Å². The van der Waals surface area contributed by atoms with Gasteiger partial charge in [0.05, 0.1) is 23.1 Å². The quantitative estimate of drug-likeness (QED) is 0.463. The molecule has 4 rings (SSSR count). The Morgan fingerprint density at radius 2 is 1.54 bits per heavy atom. The molecule has 2 amide bonds. The van der Waals surface area contributed by atoms with Crippen LogP contribution < -0.4 is 4.90 Å². The molecule has 2 saturated carbocycles. The summed E-state index contributed by atoms with van der Waals surface area (Å²) in [6.45, 7) is 0. The third kappa shape index (κ3) is 2.14. The molecule has 0 N–H and O–H groups in total. The van der Waals surface area contributed by atoms with Crippen LogP contribution in [-0.2, 0) is 15.8 Å². The number of alkyl halides is 5. The molecule has 24 heavy (non-hydrogen) atoms. The minimum absolute atomic E-state index is 0.00544. The molecule has 2 bridgehead atoms. The zero-order valence-corrected chi connectivity index (χ0v) is 15.3. The Morgan fingerprint density at radius 1 is 1.00 bits per heavy atom. The van der Waals surface area contributed by atoms with Gasteiger partial charge in [0.2, 0.25) is 11.8 Å². The predicted molar refractivity (Wildman–Crippen MR) is 87.9 cm³/mol. The van der Waals surface area contributed by atoms with Crippen LogP contribution in [0.2, 0.25) is 0 Å². The van der Waals surface area contributed by atoms with Gasteiger partial charge in [0.15, 0.2) is 0 Å². The summed E-state index contributed by atoms with van der Waals surface area (Å²) in [6.07, 6.45) is -3.73. The van der Waals surface area contributed by atoms with Gasteiger partial charge in [0.1, 0.15) is 0 Å². The fourth-order valence-electron chi connectivity index (χ4n) is 4.42. The number of anilines is 1. The van der Waals surface area contributed by atoms with E-state index in [0.29, 0.717) is 0 Å². The van der Waals surface area contributed by atoms with Gasteiger partial charge in [-0.15, -0.1) is 0 Å². The summed E-state index contributed by atoms with van der Waals surface area (Å²) in [7, 11) is 0. The average molecular weight is 467 g/mol. The van der Waals surface area contributed by atoms with Crippen molar-refractivity contribution in [1.29, 1.82) is 0 Å². The molecule has 3 aliphatic rings. The molecule has 0 aromatic heterocycles. The van der Waals surface area contributed by atoms with Gasteiger partial charge >= 0.3 is 6.18 Å².